The van der Waals surface area contributed by atoms with Crippen molar-refractivity contribution < 1.29 is 4.79 Å². The Morgan fingerprint density at radius 1 is 1.32 bits per heavy atom. The van der Waals surface area contributed by atoms with E-state index in [9.17, 15) is 4.79 Å². The molecule has 1 aromatic rings. The molecule has 1 N–H and O–H groups in total. The van der Waals surface area contributed by atoms with Gasteiger partial charge < -0.3 is 10.2 Å². The average Bonchev–Trinajstić information content (AvgIpc) is 2.98. The van der Waals surface area contributed by atoms with Crippen LogP contribution in [0.2, 0.25) is 0 Å². The molecule has 0 radical (unpaired) electrons. The first kappa shape index (κ1) is 14.4. The number of hydrogen-bond donors (Lipinski definition) is 1. The Kier molecular flexibility index (Phi) is 5.28. The van der Waals surface area contributed by atoms with E-state index in [-0.39, 0.29) is 11.9 Å². The van der Waals surface area contributed by atoms with Crippen LogP contribution in [0.4, 0.5) is 0 Å². The second-order valence-corrected chi connectivity index (χ2v) is 5.84. The maximum atomic E-state index is 11.9. The van der Waals surface area contributed by atoms with Crippen molar-refractivity contribution in [2.45, 2.75) is 30.7 Å². The molecule has 1 heterocycles. The van der Waals surface area contributed by atoms with Gasteiger partial charge in [-0.2, -0.15) is 0 Å². The predicted octanol–water partition coefficient (Wildman–Crippen LogP) is 2.68. The molecule has 19 heavy (non-hydrogen) atoms. The number of likely N-dealkylation sites (tertiary alicyclic amines) is 1. The van der Waals surface area contributed by atoms with Crippen molar-refractivity contribution in [1.82, 2.24) is 10.2 Å². The van der Waals surface area contributed by atoms with Crippen LogP contribution in [0, 0.1) is 0 Å². The van der Waals surface area contributed by atoms with Gasteiger partial charge in [0.2, 0.25) is 5.91 Å². The van der Waals surface area contributed by atoms with E-state index in [0.717, 1.165) is 25.9 Å². The smallest absolute Gasteiger partial charge is 0.236 e. The first-order chi connectivity index (χ1) is 9.20. The Morgan fingerprint density at radius 2 is 1.95 bits per heavy atom. The number of benzene rings is 1. The molecule has 1 fully saturated rings. The number of rotatable bonds is 5. The highest BCUT2D eigenvalue weighted by Gasteiger charge is 2.18. The van der Waals surface area contributed by atoms with Crippen molar-refractivity contribution in [1.29, 1.82) is 0 Å². The standard InChI is InChI=1S/C15H22N2OS/c1-12(13-5-7-14(19-2)8-6-13)16-11-15(18)17-9-3-4-10-17/h5-8,12,16H,3-4,9-11H2,1-2H3. The van der Waals surface area contributed by atoms with Gasteiger partial charge in [0.25, 0.3) is 0 Å². The second kappa shape index (κ2) is 6.96. The molecule has 1 aliphatic rings. The summed E-state index contributed by atoms with van der Waals surface area (Å²) in [5, 5.41) is 3.32. The molecule has 2 rings (SSSR count). The minimum atomic E-state index is 0.211. The third-order valence-corrected chi connectivity index (χ3v) is 4.38. The van der Waals surface area contributed by atoms with Gasteiger partial charge >= 0.3 is 0 Å². The highest BCUT2D eigenvalue weighted by atomic mass is 32.2. The van der Waals surface area contributed by atoms with Crippen molar-refractivity contribution in [3.63, 3.8) is 0 Å². The fourth-order valence-electron chi connectivity index (χ4n) is 2.33. The zero-order valence-electron chi connectivity index (χ0n) is 11.7. The highest BCUT2D eigenvalue weighted by Crippen LogP contribution is 2.18. The Labute approximate surface area is 119 Å². The lowest BCUT2D eigenvalue weighted by atomic mass is 10.1. The number of amides is 1. The van der Waals surface area contributed by atoms with E-state index in [1.165, 1.54) is 10.5 Å². The highest BCUT2D eigenvalue weighted by molar-refractivity contribution is 7.98. The van der Waals surface area contributed by atoms with Crippen LogP contribution in [0.1, 0.15) is 31.4 Å². The zero-order chi connectivity index (χ0) is 13.7. The van der Waals surface area contributed by atoms with Gasteiger partial charge in [0.1, 0.15) is 0 Å². The molecule has 1 aromatic carbocycles. The Hall–Kier alpha value is -1.00. The first-order valence-electron chi connectivity index (χ1n) is 6.86. The molecule has 0 aliphatic carbocycles. The van der Waals surface area contributed by atoms with Gasteiger partial charge in [-0.1, -0.05) is 12.1 Å². The van der Waals surface area contributed by atoms with Crippen molar-refractivity contribution in [2.24, 2.45) is 0 Å². The average molecular weight is 278 g/mol. The fraction of sp³-hybridized carbons (Fsp3) is 0.533. The monoisotopic (exact) mass is 278 g/mol. The van der Waals surface area contributed by atoms with Gasteiger partial charge in [-0.15, -0.1) is 11.8 Å². The normalized spacial score (nSPS) is 16.6. The Bertz CT molecular complexity index is 413. The number of carbonyl (C=O) groups excluding carboxylic acids is 1. The van der Waals surface area contributed by atoms with Gasteiger partial charge in [-0.05, 0) is 43.7 Å². The van der Waals surface area contributed by atoms with Crippen LogP contribution in [0.15, 0.2) is 29.2 Å². The lowest BCUT2D eigenvalue weighted by Gasteiger charge is -2.18. The molecule has 1 unspecified atom stereocenters. The summed E-state index contributed by atoms with van der Waals surface area (Å²) in [6, 6.07) is 8.72. The van der Waals surface area contributed by atoms with Crippen LogP contribution < -0.4 is 5.32 Å². The molecule has 0 bridgehead atoms. The maximum absolute atomic E-state index is 11.9. The van der Waals surface area contributed by atoms with E-state index >= 15 is 0 Å². The van der Waals surface area contributed by atoms with Gasteiger partial charge in [0.15, 0.2) is 0 Å². The number of nitrogens with one attached hydrogen (secondary N) is 1. The quantitative estimate of drug-likeness (QED) is 0.841. The maximum Gasteiger partial charge on any atom is 0.236 e. The third-order valence-electron chi connectivity index (χ3n) is 3.63. The first-order valence-corrected chi connectivity index (χ1v) is 8.08. The van der Waals surface area contributed by atoms with Gasteiger partial charge in [0, 0.05) is 24.0 Å². The molecule has 4 heteroatoms. The summed E-state index contributed by atoms with van der Waals surface area (Å²) in [6.45, 7) is 4.39. The molecule has 3 nitrogen and oxygen atoms in total. The largest absolute Gasteiger partial charge is 0.342 e. The lowest BCUT2D eigenvalue weighted by molar-refractivity contribution is -0.129. The number of nitrogens with zero attached hydrogens (tertiary/aromatic N) is 1. The number of carbonyl (C=O) groups is 1. The molecular formula is C15H22N2OS. The van der Waals surface area contributed by atoms with Crippen LogP contribution >= 0.6 is 11.8 Å². The van der Waals surface area contributed by atoms with Crippen LogP contribution in [-0.2, 0) is 4.79 Å². The number of hydrogen-bond acceptors (Lipinski definition) is 3. The van der Waals surface area contributed by atoms with E-state index in [2.05, 4.69) is 42.8 Å². The predicted molar refractivity (Wildman–Crippen MR) is 80.5 cm³/mol. The Balaban J connectivity index is 1.82. The summed E-state index contributed by atoms with van der Waals surface area (Å²) in [5.41, 5.74) is 1.23. The Morgan fingerprint density at radius 3 is 2.53 bits per heavy atom. The van der Waals surface area contributed by atoms with E-state index in [4.69, 9.17) is 0 Å². The van der Waals surface area contributed by atoms with Crippen LogP contribution in [0.3, 0.4) is 0 Å². The SMILES string of the molecule is CSc1ccc(C(C)NCC(=O)N2CCCC2)cc1. The molecule has 1 saturated heterocycles. The van der Waals surface area contributed by atoms with Crippen LogP contribution in [-0.4, -0.2) is 36.7 Å². The minimum absolute atomic E-state index is 0.211. The molecule has 1 amide bonds. The van der Waals surface area contributed by atoms with E-state index in [1.54, 1.807) is 11.8 Å². The van der Waals surface area contributed by atoms with Crippen molar-refractivity contribution >= 4 is 17.7 Å². The molecule has 0 saturated carbocycles. The summed E-state index contributed by atoms with van der Waals surface area (Å²) in [7, 11) is 0. The van der Waals surface area contributed by atoms with Gasteiger partial charge in [-0.25, -0.2) is 0 Å². The minimum Gasteiger partial charge on any atom is -0.342 e. The summed E-state index contributed by atoms with van der Waals surface area (Å²) in [5.74, 6) is 0.227. The van der Waals surface area contributed by atoms with Crippen molar-refractivity contribution in [2.75, 3.05) is 25.9 Å². The number of thioether (sulfide) groups is 1. The molecule has 0 spiro atoms. The lowest BCUT2D eigenvalue weighted by Crippen LogP contribution is -2.37. The second-order valence-electron chi connectivity index (χ2n) is 4.96. The summed E-state index contributed by atoms with van der Waals surface area (Å²) < 4.78 is 0. The zero-order valence-corrected chi connectivity index (χ0v) is 12.5. The van der Waals surface area contributed by atoms with Crippen molar-refractivity contribution in [3.05, 3.63) is 29.8 Å². The molecule has 104 valence electrons. The topological polar surface area (TPSA) is 32.3 Å². The molecule has 1 aliphatic heterocycles. The summed E-state index contributed by atoms with van der Waals surface area (Å²) >= 11 is 1.74. The summed E-state index contributed by atoms with van der Waals surface area (Å²) in [4.78, 5) is 15.2. The third kappa shape index (κ3) is 3.98. The van der Waals surface area contributed by atoms with Crippen LogP contribution in [0.5, 0.6) is 0 Å². The van der Waals surface area contributed by atoms with Crippen molar-refractivity contribution in [3.8, 4) is 0 Å². The van der Waals surface area contributed by atoms with E-state index in [1.807, 2.05) is 4.90 Å². The summed E-state index contributed by atoms with van der Waals surface area (Å²) in [6.07, 6.45) is 4.38. The van der Waals surface area contributed by atoms with Gasteiger partial charge in [-0.3, -0.25) is 4.79 Å². The van der Waals surface area contributed by atoms with E-state index in [0.29, 0.717) is 6.54 Å². The van der Waals surface area contributed by atoms with E-state index < -0.39 is 0 Å². The molecule has 0 aromatic heterocycles. The fourth-order valence-corrected chi connectivity index (χ4v) is 2.74. The van der Waals surface area contributed by atoms with Crippen LogP contribution in [0.25, 0.3) is 0 Å². The van der Waals surface area contributed by atoms with Gasteiger partial charge in [0.05, 0.1) is 6.54 Å². The molecule has 1 atom stereocenters. The molecular weight excluding hydrogens is 256 g/mol.